The fourth-order valence-corrected chi connectivity index (χ4v) is 2.42. The van der Waals surface area contributed by atoms with E-state index < -0.39 is 0 Å². The molecule has 1 unspecified atom stereocenters. The fraction of sp³-hybridized carbons (Fsp3) is 0.615. The molecule has 2 rings (SSSR count). The lowest BCUT2D eigenvalue weighted by Crippen LogP contribution is -2.21. The van der Waals surface area contributed by atoms with Gasteiger partial charge in [0.25, 0.3) is 0 Å². The molecule has 3 nitrogen and oxygen atoms in total. The van der Waals surface area contributed by atoms with Gasteiger partial charge in [0.15, 0.2) is 0 Å². The first-order chi connectivity index (χ1) is 7.83. The van der Waals surface area contributed by atoms with Crippen LogP contribution in [0.25, 0.3) is 0 Å². The molecule has 1 atom stereocenters. The second-order valence-corrected chi connectivity index (χ2v) is 4.53. The number of anilines is 1. The molecule has 1 N–H and O–H groups in total. The summed E-state index contributed by atoms with van der Waals surface area (Å²) in [4.78, 5) is 6.78. The lowest BCUT2D eigenvalue weighted by Gasteiger charge is -2.17. The molecule has 1 aliphatic heterocycles. The molecule has 0 aliphatic carbocycles. The van der Waals surface area contributed by atoms with E-state index >= 15 is 0 Å². The van der Waals surface area contributed by atoms with E-state index in [0.717, 1.165) is 30.5 Å². The van der Waals surface area contributed by atoms with Crippen molar-refractivity contribution in [3.63, 3.8) is 0 Å². The number of aliphatic hydroxyl groups is 1. The summed E-state index contributed by atoms with van der Waals surface area (Å²) < 4.78 is 0. The largest absolute Gasteiger partial charge is 0.390 e. The Morgan fingerprint density at radius 2 is 2.38 bits per heavy atom. The zero-order valence-electron chi connectivity index (χ0n) is 9.89. The van der Waals surface area contributed by atoms with Gasteiger partial charge < -0.3 is 10.0 Å². The van der Waals surface area contributed by atoms with Gasteiger partial charge >= 0.3 is 0 Å². The summed E-state index contributed by atoms with van der Waals surface area (Å²) in [6.07, 6.45) is 3.86. The van der Waals surface area contributed by atoms with Crippen LogP contribution < -0.4 is 4.90 Å². The maximum absolute atomic E-state index is 9.06. The summed E-state index contributed by atoms with van der Waals surface area (Å²) in [5.74, 6) is 1.84. The normalized spacial score (nSPS) is 20.4. The van der Waals surface area contributed by atoms with Gasteiger partial charge in [0.2, 0.25) is 0 Å². The SMILES string of the molecule is CCCC1CCN(c2cccc(CO)n2)C1. The van der Waals surface area contributed by atoms with Crippen LogP contribution in [0, 0.1) is 5.92 Å². The molecule has 1 aromatic heterocycles. The third-order valence-electron chi connectivity index (χ3n) is 3.26. The Labute approximate surface area is 97.1 Å². The van der Waals surface area contributed by atoms with E-state index in [-0.39, 0.29) is 6.61 Å². The van der Waals surface area contributed by atoms with E-state index in [9.17, 15) is 0 Å². The standard InChI is InChI=1S/C13H20N2O/c1-2-4-11-7-8-15(9-11)13-6-3-5-12(10-16)14-13/h3,5-6,11,16H,2,4,7-10H2,1H3. The topological polar surface area (TPSA) is 36.4 Å². The molecule has 0 spiro atoms. The van der Waals surface area contributed by atoms with Gasteiger partial charge in [-0.15, -0.1) is 0 Å². The van der Waals surface area contributed by atoms with E-state index in [2.05, 4.69) is 16.8 Å². The molecule has 16 heavy (non-hydrogen) atoms. The third-order valence-corrected chi connectivity index (χ3v) is 3.26. The zero-order chi connectivity index (χ0) is 11.4. The first kappa shape index (κ1) is 11.4. The van der Waals surface area contributed by atoms with Crippen molar-refractivity contribution in [2.75, 3.05) is 18.0 Å². The molecule has 0 bridgehead atoms. The van der Waals surface area contributed by atoms with Gasteiger partial charge in [-0.25, -0.2) is 4.98 Å². The van der Waals surface area contributed by atoms with Crippen molar-refractivity contribution in [1.82, 2.24) is 4.98 Å². The third kappa shape index (κ3) is 2.53. The van der Waals surface area contributed by atoms with Crippen LogP contribution in [0.1, 0.15) is 31.9 Å². The van der Waals surface area contributed by atoms with Crippen LogP contribution in [0.5, 0.6) is 0 Å². The zero-order valence-corrected chi connectivity index (χ0v) is 9.89. The number of hydrogen-bond donors (Lipinski definition) is 1. The first-order valence-electron chi connectivity index (χ1n) is 6.15. The Bertz CT molecular complexity index is 340. The van der Waals surface area contributed by atoms with Crippen molar-refractivity contribution in [3.8, 4) is 0 Å². The van der Waals surface area contributed by atoms with Crippen molar-refractivity contribution in [2.45, 2.75) is 32.8 Å². The Morgan fingerprint density at radius 1 is 1.50 bits per heavy atom. The average Bonchev–Trinajstić information content (AvgIpc) is 2.78. The van der Waals surface area contributed by atoms with E-state index in [4.69, 9.17) is 5.11 Å². The molecule has 3 heteroatoms. The highest BCUT2D eigenvalue weighted by atomic mass is 16.3. The van der Waals surface area contributed by atoms with Gasteiger partial charge in [0, 0.05) is 13.1 Å². The minimum atomic E-state index is 0.0278. The first-order valence-corrected chi connectivity index (χ1v) is 6.15. The molecular weight excluding hydrogens is 200 g/mol. The van der Waals surface area contributed by atoms with Crippen LogP contribution >= 0.6 is 0 Å². The quantitative estimate of drug-likeness (QED) is 0.845. The molecule has 0 radical (unpaired) electrons. The van der Waals surface area contributed by atoms with Crippen LogP contribution in [0.2, 0.25) is 0 Å². The Kier molecular flexibility index (Phi) is 3.78. The van der Waals surface area contributed by atoms with Crippen LogP contribution in [0.4, 0.5) is 5.82 Å². The molecule has 0 aromatic carbocycles. The molecule has 2 heterocycles. The number of rotatable bonds is 4. The van der Waals surface area contributed by atoms with Crippen molar-refractivity contribution < 1.29 is 5.11 Å². The van der Waals surface area contributed by atoms with Crippen LogP contribution in [-0.4, -0.2) is 23.2 Å². The van der Waals surface area contributed by atoms with E-state index in [1.165, 1.54) is 19.3 Å². The summed E-state index contributed by atoms with van der Waals surface area (Å²) in [7, 11) is 0. The average molecular weight is 220 g/mol. The molecule has 1 saturated heterocycles. The summed E-state index contributed by atoms with van der Waals surface area (Å²) >= 11 is 0. The van der Waals surface area contributed by atoms with E-state index in [1.54, 1.807) is 0 Å². The molecule has 1 aliphatic rings. The predicted molar refractivity (Wildman–Crippen MR) is 65.4 cm³/mol. The highest BCUT2D eigenvalue weighted by Crippen LogP contribution is 2.25. The minimum absolute atomic E-state index is 0.0278. The summed E-state index contributed by atoms with van der Waals surface area (Å²) in [6, 6.07) is 5.87. The highest BCUT2D eigenvalue weighted by Gasteiger charge is 2.22. The minimum Gasteiger partial charge on any atom is -0.390 e. The molecule has 1 aromatic rings. The second-order valence-electron chi connectivity index (χ2n) is 4.53. The lowest BCUT2D eigenvalue weighted by molar-refractivity contribution is 0.277. The number of nitrogens with zero attached hydrogens (tertiary/aromatic N) is 2. The molecule has 0 saturated carbocycles. The van der Waals surface area contributed by atoms with E-state index in [1.807, 2.05) is 18.2 Å². The summed E-state index contributed by atoms with van der Waals surface area (Å²) in [5, 5.41) is 9.06. The summed E-state index contributed by atoms with van der Waals surface area (Å²) in [5.41, 5.74) is 0.761. The maximum Gasteiger partial charge on any atom is 0.128 e. The van der Waals surface area contributed by atoms with Gasteiger partial charge in [-0.3, -0.25) is 0 Å². The molecule has 1 fully saturated rings. The van der Waals surface area contributed by atoms with Gasteiger partial charge in [-0.05, 0) is 30.9 Å². The lowest BCUT2D eigenvalue weighted by atomic mass is 10.0. The molecular formula is C13H20N2O. The number of aromatic nitrogens is 1. The van der Waals surface area contributed by atoms with Crippen LogP contribution in [-0.2, 0) is 6.61 Å². The number of hydrogen-bond acceptors (Lipinski definition) is 3. The Morgan fingerprint density at radius 3 is 3.12 bits per heavy atom. The predicted octanol–water partition coefficient (Wildman–Crippen LogP) is 2.20. The number of aliphatic hydroxyl groups excluding tert-OH is 1. The second kappa shape index (κ2) is 5.30. The van der Waals surface area contributed by atoms with Crippen LogP contribution in [0.3, 0.4) is 0 Å². The molecule has 0 amide bonds. The van der Waals surface area contributed by atoms with Crippen molar-refractivity contribution in [1.29, 1.82) is 0 Å². The number of pyridine rings is 1. The Hall–Kier alpha value is -1.09. The monoisotopic (exact) mass is 220 g/mol. The van der Waals surface area contributed by atoms with Crippen molar-refractivity contribution in [3.05, 3.63) is 23.9 Å². The molecule has 88 valence electrons. The van der Waals surface area contributed by atoms with Gasteiger partial charge in [0.1, 0.15) is 5.82 Å². The maximum atomic E-state index is 9.06. The van der Waals surface area contributed by atoms with Gasteiger partial charge in [-0.2, -0.15) is 0 Å². The summed E-state index contributed by atoms with van der Waals surface area (Å²) in [6.45, 7) is 4.50. The Balaban J connectivity index is 2.02. The fourth-order valence-electron chi connectivity index (χ4n) is 2.42. The van der Waals surface area contributed by atoms with Gasteiger partial charge in [-0.1, -0.05) is 19.4 Å². The smallest absolute Gasteiger partial charge is 0.128 e. The van der Waals surface area contributed by atoms with E-state index in [0.29, 0.717) is 0 Å². The van der Waals surface area contributed by atoms with Crippen molar-refractivity contribution in [2.24, 2.45) is 5.92 Å². The highest BCUT2D eigenvalue weighted by molar-refractivity contribution is 5.40. The van der Waals surface area contributed by atoms with Crippen LogP contribution in [0.15, 0.2) is 18.2 Å². The van der Waals surface area contributed by atoms with Crippen molar-refractivity contribution >= 4 is 5.82 Å². The van der Waals surface area contributed by atoms with Gasteiger partial charge in [0.05, 0.1) is 12.3 Å².